The molecule has 28 heavy (non-hydrogen) atoms. The van der Waals surface area contributed by atoms with Gasteiger partial charge in [-0.05, 0) is 36.4 Å². The first-order valence-electron chi connectivity index (χ1n) is 8.61. The highest BCUT2D eigenvalue weighted by molar-refractivity contribution is 7.89. The van der Waals surface area contributed by atoms with Crippen molar-refractivity contribution in [1.29, 1.82) is 0 Å². The Morgan fingerprint density at radius 1 is 1.11 bits per heavy atom. The molecule has 1 aliphatic rings. The van der Waals surface area contributed by atoms with Crippen LogP contribution >= 0.6 is 11.6 Å². The Kier molecular flexibility index (Phi) is 6.07. The van der Waals surface area contributed by atoms with Crippen LogP contribution < -0.4 is 0 Å². The van der Waals surface area contributed by atoms with E-state index in [-0.39, 0.29) is 55.2 Å². The van der Waals surface area contributed by atoms with Crippen molar-refractivity contribution in [1.82, 2.24) is 14.1 Å². The third kappa shape index (κ3) is 4.37. The van der Waals surface area contributed by atoms with Gasteiger partial charge in [-0.1, -0.05) is 11.6 Å². The quantitative estimate of drug-likeness (QED) is 0.724. The molecular weight excluding hydrogens is 406 g/mol. The Hall–Kier alpha value is -2.36. The van der Waals surface area contributed by atoms with E-state index >= 15 is 0 Å². The molecule has 0 N–H and O–H groups in total. The van der Waals surface area contributed by atoms with Crippen molar-refractivity contribution in [3.05, 3.63) is 53.4 Å². The Labute approximate surface area is 168 Å². The zero-order chi connectivity index (χ0) is 20.3. The molecule has 8 nitrogen and oxygen atoms in total. The summed E-state index contributed by atoms with van der Waals surface area (Å²) < 4.78 is 31.8. The van der Waals surface area contributed by atoms with E-state index in [0.29, 0.717) is 5.02 Å². The second kappa shape index (κ2) is 8.34. The highest BCUT2D eigenvalue weighted by Gasteiger charge is 2.30. The molecule has 0 atom stereocenters. The lowest BCUT2D eigenvalue weighted by Gasteiger charge is -2.34. The molecule has 0 radical (unpaired) electrons. The molecule has 0 aliphatic carbocycles. The second-order valence-electron chi connectivity index (χ2n) is 6.38. The maximum absolute atomic E-state index is 12.7. The van der Waals surface area contributed by atoms with Crippen molar-refractivity contribution < 1.29 is 22.4 Å². The Balaban J connectivity index is 1.56. The molecule has 1 aliphatic heterocycles. The molecule has 150 valence electrons. The van der Waals surface area contributed by atoms with Gasteiger partial charge in [-0.15, -0.1) is 0 Å². The fourth-order valence-electron chi connectivity index (χ4n) is 2.90. The number of furan rings is 1. The van der Waals surface area contributed by atoms with Crippen molar-refractivity contribution in [3.63, 3.8) is 0 Å². The number of nitrogens with zero attached hydrogens (tertiary/aromatic N) is 3. The number of halogens is 1. The van der Waals surface area contributed by atoms with Gasteiger partial charge in [-0.3, -0.25) is 9.59 Å². The molecular formula is C18H20ClN3O5S. The SMILES string of the molecule is CN(CC(=O)N1CCN(S(=O)(=O)c2ccc(Cl)cc2)CC1)C(=O)c1ccco1. The summed E-state index contributed by atoms with van der Waals surface area (Å²) in [6, 6.07) is 9.11. The number of likely N-dealkylation sites (N-methyl/N-ethyl adjacent to an activating group) is 1. The Morgan fingerprint density at radius 3 is 2.32 bits per heavy atom. The number of piperazine rings is 1. The fourth-order valence-corrected chi connectivity index (χ4v) is 4.44. The average Bonchev–Trinajstić information content (AvgIpc) is 3.22. The summed E-state index contributed by atoms with van der Waals surface area (Å²) in [5.41, 5.74) is 0. The molecule has 1 aromatic heterocycles. The summed E-state index contributed by atoms with van der Waals surface area (Å²) in [6.45, 7) is 0.783. The standard InChI is InChI=1S/C18H20ClN3O5S/c1-20(18(24)16-3-2-12-27-16)13-17(23)21-8-10-22(11-9-21)28(25,26)15-6-4-14(19)5-7-15/h2-7,12H,8-11,13H2,1H3. The Bertz CT molecular complexity index is 936. The molecule has 2 aromatic rings. The number of carbonyl (C=O) groups excluding carboxylic acids is 2. The number of hydrogen-bond donors (Lipinski definition) is 0. The van der Waals surface area contributed by atoms with Gasteiger partial charge in [0.2, 0.25) is 15.9 Å². The summed E-state index contributed by atoms with van der Waals surface area (Å²) in [7, 11) is -2.12. The van der Waals surface area contributed by atoms with Crippen LogP contribution in [0.4, 0.5) is 0 Å². The van der Waals surface area contributed by atoms with E-state index in [1.807, 2.05) is 0 Å². The summed E-state index contributed by atoms with van der Waals surface area (Å²) >= 11 is 5.81. The third-order valence-electron chi connectivity index (χ3n) is 4.49. The highest BCUT2D eigenvalue weighted by Crippen LogP contribution is 2.20. The van der Waals surface area contributed by atoms with Gasteiger partial charge in [-0.2, -0.15) is 4.31 Å². The van der Waals surface area contributed by atoms with E-state index in [9.17, 15) is 18.0 Å². The van der Waals surface area contributed by atoms with Crippen molar-refractivity contribution in [3.8, 4) is 0 Å². The van der Waals surface area contributed by atoms with E-state index in [4.69, 9.17) is 16.0 Å². The first-order chi connectivity index (χ1) is 13.3. The second-order valence-corrected chi connectivity index (χ2v) is 8.75. The van der Waals surface area contributed by atoms with Crippen LogP contribution in [0.15, 0.2) is 52.0 Å². The predicted octanol–water partition coefficient (Wildman–Crippen LogP) is 1.54. The lowest BCUT2D eigenvalue weighted by atomic mass is 10.3. The van der Waals surface area contributed by atoms with Crippen molar-refractivity contribution in [2.45, 2.75) is 4.90 Å². The molecule has 2 amide bonds. The van der Waals surface area contributed by atoms with Gasteiger partial charge in [0.25, 0.3) is 5.91 Å². The van der Waals surface area contributed by atoms with Crippen LogP contribution in [0, 0.1) is 0 Å². The molecule has 1 fully saturated rings. The van der Waals surface area contributed by atoms with Gasteiger partial charge in [0.1, 0.15) is 0 Å². The smallest absolute Gasteiger partial charge is 0.289 e. The van der Waals surface area contributed by atoms with Crippen LogP contribution in [0.3, 0.4) is 0 Å². The molecule has 10 heteroatoms. The lowest BCUT2D eigenvalue weighted by Crippen LogP contribution is -2.52. The van der Waals surface area contributed by atoms with E-state index < -0.39 is 10.0 Å². The molecule has 2 heterocycles. The monoisotopic (exact) mass is 425 g/mol. The van der Waals surface area contributed by atoms with E-state index in [2.05, 4.69) is 0 Å². The van der Waals surface area contributed by atoms with E-state index in [1.165, 1.54) is 52.8 Å². The number of benzene rings is 1. The summed E-state index contributed by atoms with van der Waals surface area (Å²) in [5.74, 6) is -0.470. The number of carbonyl (C=O) groups is 2. The topological polar surface area (TPSA) is 91.1 Å². The van der Waals surface area contributed by atoms with Crippen molar-refractivity contribution >= 4 is 33.4 Å². The predicted molar refractivity (Wildman–Crippen MR) is 102 cm³/mol. The maximum Gasteiger partial charge on any atom is 0.289 e. The van der Waals surface area contributed by atoms with Crippen molar-refractivity contribution in [2.24, 2.45) is 0 Å². The molecule has 0 saturated carbocycles. The van der Waals surface area contributed by atoms with Gasteiger partial charge in [-0.25, -0.2) is 8.42 Å². The zero-order valence-corrected chi connectivity index (χ0v) is 16.8. The molecule has 0 unspecified atom stereocenters. The van der Waals surface area contributed by atoms with Crippen LogP contribution in [-0.4, -0.2) is 74.1 Å². The average molecular weight is 426 g/mol. The molecule has 1 aromatic carbocycles. The van der Waals surface area contributed by atoms with E-state index in [1.54, 1.807) is 11.0 Å². The van der Waals surface area contributed by atoms with Gasteiger partial charge in [0.05, 0.1) is 17.7 Å². The number of hydrogen-bond acceptors (Lipinski definition) is 5. The number of rotatable bonds is 5. The van der Waals surface area contributed by atoms with E-state index in [0.717, 1.165) is 0 Å². The van der Waals surface area contributed by atoms with Crippen molar-refractivity contribution in [2.75, 3.05) is 39.8 Å². The summed E-state index contributed by atoms with van der Waals surface area (Å²) in [5, 5.41) is 0.461. The van der Waals surface area contributed by atoms with Gasteiger partial charge >= 0.3 is 0 Å². The van der Waals surface area contributed by atoms with Gasteiger partial charge in [0.15, 0.2) is 5.76 Å². The number of amides is 2. The maximum atomic E-state index is 12.7. The van der Waals surface area contributed by atoms with Gasteiger partial charge in [0, 0.05) is 38.2 Å². The van der Waals surface area contributed by atoms with Crippen LogP contribution in [0.25, 0.3) is 0 Å². The minimum Gasteiger partial charge on any atom is -0.459 e. The highest BCUT2D eigenvalue weighted by atomic mass is 35.5. The normalized spacial score (nSPS) is 15.4. The fraction of sp³-hybridized carbons (Fsp3) is 0.333. The Morgan fingerprint density at radius 2 is 1.75 bits per heavy atom. The largest absolute Gasteiger partial charge is 0.459 e. The summed E-state index contributed by atoms with van der Waals surface area (Å²) in [6.07, 6.45) is 1.39. The van der Waals surface area contributed by atoms with Gasteiger partial charge < -0.3 is 14.2 Å². The van der Waals surface area contributed by atoms with Crippen LogP contribution in [0.1, 0.15) is 10.6 Å². The molecule has 3 rings (SSSR count). The first-order valence-corrected chi connectivity index (χ1v) is 10.4. The molecule has 0 spiro atoms. The van der Waals surface area contributed by atoms with Crippen LogP contribution in [-0.2, 0) is 14.8 Å². The minimum absolute atomic E-state index is 0.108. The zero-order valence-electron chi connectivity index (χ0n) is 15.2. The minimum atomic E-state index is -3.63. The molecule has 1 saturated heterocycles. The van der Waals surface area contributed by atoms with Crippen LogP contribution in [0.2, 0.25) is 5.02 Å². The lowest BCUT2D eigenvalue weighted by molar-refractivity contribution is -0.132. The molecule has 0 bridgehead atoms. The van der Waals surface area contributed by atoms with Crippen LogP contribution in [0.5, 0.6) is 0 Å². The first kappa shape index (κ1) is 20.4. The number of sulfonamides is 1. The summed E-state index contributed by atoms with van der Waals surface area (Å²) in [4.78, 5) is 27.6. The third-order valence-corrected chi connectivity index (χ3v) is 6.66.